The van der Waals surface area contributed by atoms with Crippen molar-refractivity contribution in [2.24, 2.45) is 0 Å². The summed E-state index contributed by atoms with van der Waals surface area (Å²) in [6, 6.07) is -0.515. The van der Waals surface area contributed by atoms with Crippen LogP contribution < -0.4 is 5.32 Å². The molecule has 2 atom stereocenters. The topological polar surface area (TPSA) is 58.6 Å². The Morgan fingerprint density at radius 1 is 1.41 bits per heavy atom. The predicted molar refractivity (Wildman–Crippen MR) is 65.6 cm³/mol. The molecule has 2 aliphatic rings. The highest BCUT2D eigenvalue weighted by Gasteiger charge is 2.36. The molecule has 2 rings (SSSR count). The van der Waals surface area contributed by atoms with Gasteiger partial charge in [-0.2, -0.15) is 0 Å². The van der Waals surface area contributed by atoms with Crippen molar-refractivity contribution in [1.82, 2.24) is 10.2 Å². The van der Waals surface area contributed by atoms with Gasteiger partial charge in [0.25, 0.3) is 0 Å². The molecule has 0 aromatic heterocycles. The number of hydrogen-bond donors (Lipinski definition) is 1. The van der Waals surface area contributed by atoms with Crippen molar-refractivity contribution in [2.45, 2.75) is 31.3 Å². The minimum absolute atomic E-state index is 0.0464. The molecule has 2 unspecified atom stereocenters. The van der Waals surface area contributed by atoms with Gasteiger partial charge in [-0.25, -0.2) is 4.79 Å². The zero-order valence-electron chi connectivity index (χ0n) is 9.98. The molecule has 2 saturated heterocycles. The van der Waals surface area contributed by atoms with Crippen LogP contribution in [0.1, 0.15) is 19.3 Å². The van der Waals surface area contributed by atoms with Gasteiger partial charge in [0.15, 0.2) is 0 Å². The minimum atomic E-state index is -0.381. The number of ether oxygens (including phenoxy) is 1. The molecule has 0 spiro atoms. The van der Waals surface area contributed by atoms with E-state index in [0.717, 1.165) is 30.9 Å². The van der Waals surface area contributed by atoms with Crippen LogP contribution in [-0.4, -0.2) is 54.1 Å². The number of nitrogens with one attached hydrogen (secondary N) is 1. The van der Waals surface area contributed by atoms with E-state index in [4.69, 9.17) is 4.74 Å². The van der Waals surface area contributed by atoms with E-state index >= 15 is 0 Å². The summed E-state index contributed by atoms with van der Waals surface area (Å²) in [5, 5.41) is 3.15. The average molecular weight is 258 g/mol. The fourth-order valence-electron chi connectivity index (χ4n) is 2.33. The van der Waals surface area contributed by atoms with E-state index in [0.29, 0.717) is 6.54 Å². The number of rotatable bonds is 2. The van der Waals surface area contributed by atoms with Crippen molar-refractivity contribution < 1.29 is 14.3 Å². The number of carbonyl (C=O) groups is 2. The van der Waals surface area contributed by atoms with Crippen LogP contribution in [0.15, 0.2) is 0 Å². The SMILES string of the molecule is COC(=O)C1CCCCN1C(=O)C1CSCN1. The van der Waals surface area contributed by atoms with Crippen LogP contribution in [-0.2, 0) is 14.3 Å². The van der Waals surface area contributed by atoms with Gasteiger partial charge < -0.3 is 9.64 Å². The number of esters is 1. The molecule has 96 valence electrons. The second-order valence-corrected chi connectivity index (χ2v) is 5.37. The van der Waals surface area contributed by atoms with Gasteiger partial charge in [0.1, 0.15) is 6.04 Å². The lowest BCUT2D eigenvalue weighted by molar-refractivity contribution is -0.155. The Bertz CT molecular complexity index is 305. The van der Waals surface area contributed by atoms with Crippen molar-refractivity contribution in [2.75, 3.05) is 25.3 Å². The van der Waals surface area contributed by atoms with Gasteiger partial charge in [-0.15, -0.1) is 11.8 Å². The second-order valence-electron chi connectivity index (χ2n) is 4.34. The Hall–Kier alpha value is -0.750. The number of carbonyl (C=O) groups excluding carboxylic acids is 2. The number of likely N-dealkylation sites (tertiary alicyclic amines) is 1. The number of amides is 1. The lowest BCUT2D eigenvalue weighted by Crippen LogP contribution is -2.54. The molecule has 17 heavy (non-hydrogen) atoms. The molecule has 0 saturated carbocycles. The molecule has 1 N–H and O–H groups in total. The summed E-state index contributed by atoms with van der Waals surface area (Å²) in [6.07, 6.45) is 2.67. The normalized spacial score (nSPS) is 29.1. The number of hydrogen-bond acceptors (Lipinski definition) is 5. The largest absolute Gasteiger partial charge is 0.467 e. The van der Waals surface area contributed by atoms with E-state index in [1.54, 1.807) is 16.7 Å². The van der Waals surface area contributed by atoms with E-state index < -0.39 is 0 Å². The first-order chi connectivity index (χ1) is 8.24. The third kappa shape index (κ3) is 2.74. The lowest BCUT2D eigenvalue weighted by atomic mass is 10.0. The van der Waals surface area contributed by atoms with Gasteiger partial charge in [-0.1, -0.05) is 0 Å². The van der Waals surface area contributed by atoms with E-state index in [-0.39, 0.29) is 24.0 Å². The molecule has 2 heterocycles. The number of nitrogens with zero attached hydrogens (tertiary/aromatic N) is 1. The van der Waals surface area contributed by atoms with Crippen LogP contribution in [0, 0.1) is 0 Å². The van der Waals surface area contributed by atoms with Gasteiger partial charge in [-0.3, -0.25) is 10.1 Å². The predicted octanol–water partition coefficient (Wildman–Crippen LogP) is 0.203. The van der Waals surface area contributed by atoms with E-state index in [9.17, 15) is 9.59 Å². The first-order valence-electron chi connectivity index (χ1n) is 5.93. The summed E-state index contributed by atoms with van der Waals surface area (Å²) in [7, 11) is 1.38. The molecule has 5 nitrogen and oxygen atoms in total. The van der Waals surface area contributed by atoms with Crippen molar-refractivity contribution in [3.8, 4) is 0 Å². The van der Waals surface area contributed by atoms with Gasteiger partial charge in [0, 0.05) is 18.2 Å². The Morgan fingerprint density at radius 3 is 2.88 bits per heavy atom. The molecule has 0 radical (unpaired) electrons. The van der Waals surface area contributed by atoms with E-state index in [1.165, 1.54) is 7.11 Å². The Labute approximate surface area is 105 Å². The highest BCUT2D eigenvalue weighted by Crippen LogP contribution is 2.21. The van der Waals surface area contributed by atoms with Crippen molar-refractivity contribution >= 4 is 23.6 Å². The quantitative estimate of drug-likeness (QED) is 0.717. The highest BCUT2D eigenvalue weighted by atomic mass is 32.2. The second kappa shape index (κ2) is 5.73. The van der Waals surface area contributed by atoms with Crippen LogP contribution >= 0.6 is 11.8 Å². The molecule has 0 bridgehead atoms. The van der Waals surface area contributed by atoms with Gasteiger partial charge in [0.05, 0.1) is 13.2 Å². The smallest absolute Gasteiger partial charge is 0.328 e. The summed E-state index contributed by atoms with van der Waals surface area (Å²) in [5.74, 6) is 1.37. The highest BCUT2D eigenvalue weighted by molar-refractivity contribution is 7.99. The molecule has 6 heteroatoms. The monoisotopic (exact) mass is 258 g/mol. The Balaban J connectivity index is 2.04. The first kappa shape index (κ1) is 12.7. The lowest BCUT2D eigenvalue weighted by Gasteiger charge is -2.35. The zero-order chi connectivity index (χ0) is 12.3. The summed E-state index contributed by atoms with van der Waals surface area (Å²) in [4.78, 5) is 25.6. The minimum Gasteiger partial charge on any atom is -0.467 e. The average Bonchev–Trinajstić information content (AvgIpc) is 2.91. The Morgan fingerprint density at radius 2 is 2.24 bits per heavy atom. The molecular weight excluding hydrogens is 240 g/mol. The van der Waals surface area contributed by atoms with E-state index in [1.807, 2.05) is 0 Å². The molecular formula is C11H18N2O3S. The molecule has 0 aliphatic carbocycles. The summed E-state index contributed by atoms with van der Waals surface area (Å²) in [5.41, 5.74) is 0. The van der Waals surface area contributed by atoms with Crippen molar-refractivity contribution in [1.29, 1.82) is 0 Å². The number of thioether (sulfide) groups is 1. The maximum Gasteiger partial charge on any atom is 0.328 e. The summed E-state index contributed by atoms with van der Waals surface area (Å²) in [6.45, 7) is 0.668. The van der Waals surface area contributed by atoms with Crippen LogP contribution in [0.2, 0.25) is 0 Å². The third-order valence-electron chi connectivity index (χ3n) is 3.27. The van der Waals surface area contributed by atoms with E-state index in [2.05, 4.69) is 5.32 Å². The van der Waals surface area contributed by atoms with Crippen LogP contribution in [0.25, 0.3) is 0 Å². The van der Waals surface area contributed by atoms with Gasteiger partial charge in [0.2, 0.25) is 5.91 Å². The maximum atomic E-state index is 12.3. The van der Waals surface area contributed by atoms with Gasteiger partial charge in [-0.05, 0) is 19.3 Å². The maximum absolute atomic E-state index is 12.3. The number of piperidine rings is 1. The van der Waals surface area contributed by atoms with Crippen molar-refractivity contribution in [3.05, 3.63) is 0 Å². The summed E-state index contributed by atoms with van der Waals surface area (Å²) >= 11 is 1.72. The van der Waals surface area contributed by atoms with Crippen molar-refractivity contribution in [3.63, 3.8) is 0 Å². The molecule has 2 aliphatic heterocycles. The fraction of sp³-hybridized carbons (Fsp3) is 0.818. The number of methoxy groups -OCH3 is 1. The van der Waals surface area contributed by atoms with Crippen LogP contribution in [0.4, 0.5) is 0 Å². The van der Waals surface area contributed by atoms with Crippen LogP contribution in [0.5, 0.6) is 0 Å². The molecule has 0 aromatic carbocycles. The molecule has 2 fully saturated rings. The standard InChI is InChI=1S/C11H18N2O3S/c1-16-11(15)9-4-2-3-5-13(9)10(14)8-6-17-7-12-8/h8-9,12H,2-7H2,1H3. The summed E-state index contributed by atoms with van der Waals surface area (Å²) < 4.78 is 4.77. The van der Waals surface area contributed by atoms with Crippen LogP contribution in [0.3, 0.4) is 0 Å². The van der Waals surface area contributed by atoms with Gasteiger partial charge >= 0.3 is 5.97 Å². The Kier molecular flexibility index (Phi) is 4.28. The molecule has 1 amide bonds. The zero-order valence-corrected chi connectivity index (χ0v) is 10.8. The third-order valence-corrected chi connectivity index (χ3v) is 4.21. The fourth-order valence-corrected chi connectivity index (χ4v) is 3.26. The molecule has 0 aromatic rings. The first-order valence-corrected chi connectivity index (χ1v) is 7.09.